The highest BCUT2D eigenvalue weighted by Gasteiger charge is 2.19. The molecule has 2 N–H and O–H groups in total. The highest BCUT2D eigenvalue weighted by atomic mass is 79.9. The van der Waals surface area contributed by atoms with Crippen LogP contribution in [0.4, 0.5) is 0 Å². The Kier molecular flexibility index (Phi) is 4.28. The number of rotatable bonds is 4. The molecule has 15 heavy (non-hydrogen) atoms. The Morgan fingerprint density at radius 2 is 2.27 bits per heavy atom. The van der Waals surface area contributed by atoms with Crippen LogP contribution < -0.4 is 5.32 Å². The monoisotopic (exact) mass is 291 g/mol. The van der Waals surface area contributed by atoms with Crippen molar-refractivity contribution in [2.45, 2.75) is 19.4 Å². The molecule has 4 nitrogen and oxygen atoms in total. The molecule has 1 rings (SSSR count). The first-order valence-corrected chi connectivity index (χ1v) is 5.94. The minimum atomic E-state index is -0.938. The van der Waals surface area contributed by atoms with Gasteiger partial charge < -0.3 is 10.4 Å². The minimum Gasteiger partial charge on any atom is -0.481 e. The number of carbonyl (C=O) groups is 2. The first-order valence-electron chi connectivity index (χ1n) is 4.21. The number of aliphatic carboxylic acids is 1. The van der Waals surface area contributed by atoms with E-state index in [4.69, 9.17) is 5.11 Å². The zero-order chi connectivity index (χ0) is 11.4. The van der Waals surface area contributed by atoms with Gasteiger partial charge in [-0.2, -0.15) is 11.3 Å². The van der Waals surface area contributed by atoms with Crippen LogP contribution in [-0.2, 0) is 9.59 Å². The quantitative estimate of drug-likeness (QED) is 0.893. The molecule has 0 aromatic carbocycles. The molecular formula is C9H10BrNO3S. The van der Waals surface area contributed by atoms with Gasteiger partial charge in [-0.3, -0.25) is 9.59 Å². The molecule has 0 saturated heterocycles. The van der Waals surface area contributed by atoms with E-state index in [2.05, 4.69) is 21.2 Å². The summed E-state index contributed by atoms with van der Waals surface area (Å²) in [5, 5.41) is 15.0. The molecule has 0 spiro atoms. The van der Waals surface area contributed by atoms with Gasteiger partial charge in [0.1, 0.15) is 0 Å². The van der Waals surface area contributed by atoms with Crippen LogP contribution in [0.1, 0.15) is 24.9 Å². The van der Waals surface area contributed by atoms with Crippen molar-refractivity contribution >= 4 is 39.1 Å². The fourth-order valence-electron chi connectivity index (χ4n) is 1.20. The summed E-state index contributed by atoms with van der Waals surface area (Å²) in [7, 11) is 0. The predicted octanol–water partition coefficient (Wildman–Crippen LogP) is 2.16. The Morgan fingerprint density at radius 1 is 1.60 bits per heavy atom. The van der Waals surface area contributed by atoms with Gasteiger partial charge in [-0.25, -0.2) is 0 Å². The van der Waals surface area contributed by atoms with Gasteiger partial charge in [-0.1, -0.05) is 0 Å². The topological polar surface area (TPSA) is 66.4 Å². The van der Waals surface area contributed by atoms with Gasteiger partial charge >= 0.3 is 5.97 Å². The van der Waals surface area contributed by atoms with E-state index in [-0.39, 0.29) is 12.3 Å². The summed E-state index contributed by atoms with van der Waals surface area (Å²) >= 11 is 4.77. The van der Waals surface area contributed by atoms with Crippen molar-refractivity contribution in [3.8, 4) is 0 Å². The number of nitrogens with one attached hydrogen (secondary N) is 1. The van der Waals surface area contributed by atoms with Crippen molar-refractivity contribution in [3.05, 3.63) is 20.8 Å². The molecule has 0 saturated carbocycles. The van der Waals surface area contributed by atoms with Crippen molar-refractivity contribution in [3.63, 3.8) is 0 Å². The highest BCUT2D eigenvalue weighted by molar-refractivity contribution is 9.10. The standard InChI is InChI=1S/C9H10BrNO3S/c1-5(12)11-8(2-9(13)14)6-3-15-4-7(6)10/h3-4,8H,2H2,1H3,(H,11,12)(H,13,14). The fraction of sp³-hybridized carbons (Fsp3) is 0.333. The van der Waals surface area contributed by atoms with E-state index in [0.717, 1.165) is 10.0 Å². The summed E-state index contributed by atoms with van der Waals surface area (Å²) < 4.78 is 0.826. The van der Waals surface area contributed by atoms with Gasteiger partial charge in [-0.05, 0) is 26.9 Å². The maximum atomic E-state index is 10.9. The first-order chi connectivity index (χ1) is 7.00. The van der Waals surface area contributed by atoms with Gasteiger partial charge in [-0.15, -0.1) is 0 Å². The second-order valence-corrected chi connectivity index (χ2v) is 4.62. The van der Waals surface area contributed by atoms with E-state index in [0.29, 0.717) is 0 Å². The SMILES string of the molecule is CC(=O)NC(CC(=O)O)c1cscc1Br. The lowest BCUT2D eigenvalue weighted by molar-refractivity contribution is -0.137. The van der Waals surface area contributed by atoms with Crippen molar-refractivity contribution < 1.29 is 14.7 Å². The molecule has 0 bridgehead atoms. The zero-order valence-electron chi connectivity index (χ0n) is 7.99. The zero-order valence-corrected chi connectivity index (χ0v) is 10.4. The lowest BCUT2D eigenvalue weighted by atomic mass is 10.1. The summed E-state index contributed by atoms with van der Waals surface area (Å²) in [6, 6.07) is -0.472. The number of carbonyl (C=O) groups excluding carboxylic acids is 1. The molecule has 1 aromatic heterocycles. The molecule has 0 radical (unpaired) electrons. The third-order valence-electron chi connectivity index (χ3n) is 1.77. The number of thiophene rings is 1. The van der Waals surface area contributed by atoms with Crippen molar-refractivity contribution in [1.82, 2.24) is 5.32 Å². The number of hydrogen-bond donors (Lipinski definition) is 2. The van der Waals surface area contributed by atoms with Gasteiger partial charge in [0.25, 0.3) is 0 Å². The normalized spacial score (nSPS) is 12.1. The summed E-state index contributed by atoms with van der Waals surface area (Å²) in [4.78, 5) is 21.6. The van der Waals surface area contributed by atoms with E-state index >= 15 is 0 Å². The van der Waals surface area contributed by atoms with E-state index in [1.165, 1.54) is 18.3 Å². The molecule has 1 aromatic rings. The fourth-order valence-corrected chi connectivity index (χ4v) is 2.83. The summed E-state index contributed by atoms with van der Waals surface area (Å²) in [6.45, 7) is 1.37. The number of amides is 1. The Morgan fingerprint density at radius 3 is 2.67 bits per heavy atom. The van der Waals surface area contributed by atoms with E-state index in [1.807, 2.05) is 10.8 Å². The molecule has 1 atom stereocenters. The first kappa shape index (κ1) is 12.2. The maximum absolute atomic E-state index is 10.9. The third-order valence-corrected chi connectivity index (χ3v) is 3.53. The lowest BCUT2D eigenvalue weighted by Gasteiger charge is -2.15. The number of carboxylic acid groups (broad SMARTS) is 1. The Balaban J connectivity index is 2.85. The number of hydrogen-bond acceptors (Lipinski definition) is 3. The summed E-state index contributed by atoms with van der Waals surface area (Å²) in [5.41, 5.74) is 0.803. The highest BCUT2D eigenvalue weighted by Crippen LogP contribution is 2.29. The van der Waals surface area contributed by atoms with Crippen LogP contribution >= 0.6 is 27.3 Å². The van der Waals surface area contributed by atoms with Crippen LogP contribution in [-0.4, -0.2) is 17.0 Å². The molecule has 1 unspecified atom stereocenters. The molecule has 0 fully saturated rings. The van der Waals surface area contributed by atoms with Crippen LogP contribution in [0.5, 0.6) is 0 Å². The number of carboxylic acids is 1. The van der Waals surface area contributed by atoms with Gasteiger partial charge in [0, 0.05) is 16.8 Å². The Labute approximate surface area is 99.4 Å². The van der Waals surface area contributed by atoms with Gasteiger partial charge in [0.05, 0.1) is 12.5 Å². The van der Waals surface area contributed by atoms with Crippen molar-refractivity contribution in [1.29, 1.82) is 0 Å². The average Bonchev–Trinajstić information content (AvgIpc) is 2.48. The Hall–Kier alpha value is -0.880. The summed E-state index contributed by atoms with van der Waals surface area (Å²) in [5.74, 6) is -1.17. The van der Waals surface area contributed by atoms with Crippen LogP contribution in [0.2, 0.25) is 0 Å². The largest absolute Gasteiger partial charge is 0.481 e. The molecule has 1 amide bonds. The molecular weight excluding hydrogens is 282 g/mol. The maximum Gasteiger partial charge on any atom is 0.305 e. The third kappa shape index (κ3) is 3.64. The minimum absolute atomic E-state index is 0.116. The van der Waals surface area contributed by atoms with Gasteiger partial charge in [0.2, 0.25) is 5.91 Å². The Bertz CT molecular complexity index is 361. The average molecular weight is 292 g/mol. The molecule has 0 aliphatic heterocycles. The summed E-state index contributed by atoms with van der Waals surface area (Å²) in [6.07, 6.45) is -0.116. The van der Waals surface area contributed by atoms with Gasteiger partial charge in [0.15, 0.2) is 0 Å². The number of halogens is 1. The molecule has 1 heterocycles. The smallest absolute Gasteiger partial charge is 0.305 e. The van der Waals surface area contributed by atoms with E-state index in [1.54, 1.807) is 0 Å². The van der Waals surface area contributed by atoms with E-state index in [9.17, 15) is 9.59 Å². The second-order valence-electron chi connectivity index (χ2n) is 3.03. The van der Waals surface area contributed by atoms with Crippen molar-refractivity contribution in [2.24, 2.45) is 0 Å². The second kappa shape index (κ2) is 5.27. The lowest BCUT2D eigenvalue weighted by Crippen LogP contribution is -2.27. The molecule has 82 valence electrons. The predicted molar refractivity (Wildman–Crippen MR) is 60.8 cm³/mol. The molecule has 0 aliphatic carbocycles. The van der Waals surface area contributed by atoms with Crippen LogP contribution in [0, 0.1) is 0 Å². The van der Waals surface area contributed by atoms with Crippen LogP contribution in [0.15, 0.2) is 15.2 Å². The van der Waals surface area contributed by atoms with Crippen molar-refractivity contribution in [2.75, 3.05) is 0 Å². The van der Waals surface area contributed by atoms with E-state index < -0.39 is 12.0 Å². The van der Waals surface area contributed by atoms with Crippen LogP contribution in [0.25, 0.3) is 0 Å². The van der Waals surface area contributed by atoms with Crippen LogP contribution in [0.3, 0.4) is 0 Å². The molecule has 6 heteroatoms. The molecule has 0 aliphatic rings.